The van der Waals surface area contributed by atoms with Crippen molar-refractivity contribution in [2.75, 3.05) is 18.8 Å². The summed E-state index contributed by atoms with van der Waals surface area (Å²) in [6.45, 7) is 9.81. The van der Waals surface area contributed by atoms with Crippen LogP contribution in [0.25, 0.3) is 0 Å². The summed E-state index contributed by atoms with van der Waals surface area (Å²) >= 11 is 0.0395. The van der Waals surface area contributed by atoms with Crippen LogP contribution in [0.1, 0.15) is 27.7 Å². The molecule has 0 bridgehead atoms. The van der Waals surface area contributed by atoms with Gasteiger partial charge in [-0.25, -0.2) is 0 Å². The Morgan fingerprint density at radius 1 is 1.06 bits per heavy atom. The van der Waals surface area contributed by atoms with Gasteiger partial charge < -0.3 is 5.32 Å². The molecule has 0 aliphatic rings. The lowest BCUT2D eigenvalue weighted by molar-refractivity contribution is -0.0327. The lowest BCUT2D eigenvalue weighted by Crippen LogP contribution is -2.31. The maximum Gasteiger partial charge on any atom is 0.441 e. The molecule has 0 aromatic carbocycles. The van der Waals surface area contributed by atoms with E-state index in [1.165, 1.54) is 0 Å². The van der Waals surface area contributed by atoms with Crippen LogP contribution in [0.4, 0.5) is 13.2 Å². The van der Waals surface area contributed by atoms with Gasteiger partial charge in [0.15, 0.2) is 0 Å². The van der Waals surface area contributed by atoms with Crippen LogP contribution < -0.4 is 5.32 Å². The first-order valence-corrected chi connectivity index (χ1v) is 6.64. The van der Waals surface area contributed by atoms with Crippen LogP contribution >= 0.6 is 11.8 Å². The number of hydrogen-bond acceptors (Lipinski definition) is 2. The van der Waals surface area contributed by atoms with Gasteiger partial charge >= 0.3 is 5.51 Å². The summed E-state index contributed by atoms with van der Waals surface area (Å²) in [6, 6.07) is 0. The highest BCUT2D eigenvalue weighted by atomic mass is 32.2. The quantitative estimate of drug-likeness (QED) is 0.697. The van der Waals surface area contributed by atoms with Crippen LogP contribution in [-0.4, -0.2) is 24.4 Å². The van der Waals surface area contributed by atoms with E-state index >= 15 is 0 Å². The Morgan fingerprint density at radius 3 is 1.94 bits per heavy atom. The first kappa shape index (κ1) is 16.1. The minimum absolute atomic E-state index is 0.0395. The summed E-state index contributed by atoms with van der Waals surface area (Å²) in [7, 11) is 0. The SMILES string of the molecule is CC(C)C(CNCCSC(F)(F)F)C(C)C. The lowest BCUT2D eigenvalue weighted by Gasteiger charge is -2.25. The van der Waals surface area contributed by atoms with Crippen molar-refractivity contribution in [3.05, 3.63) is 0 Å². The molecule has 0 saturated carbocycles. The van der Waals surface area contributed by atoms with Crippen molar-refractivity contribution in [3.63, 3.8) is 0 Å². The second-order valence-electron chi connectivity index (χ2n) is 4.65. The van der Waals surface area contributed by atoms with Gasteiger partial charge in [-0.1, -0.05) is 27.7 Å². The van der Waals surface area contributed by atoms with E-state index in [1.807, 2.05) is 0 Å². The van der Waals surface area contributed by atoms with Crippen molar-refractivity contribution >= 4 is 11.8 Å². The second kappa shape index (κ2) is 7.43. The van der Waals surface area contributed by atoms with Crippen molar-refractivity contribution < 1.29 is 13.2 Å². The van der Waals surface area contributed by atoms with Crippen LogP contribution in [0.2, 0.25) is 0 Å². The highest BCUT2D eigenvalue weighted by molar-refractivity contribution is 8.00. The predicted molar refractivity (Wildman–Crippen MR) is 64.5 cm³/mol. The summed E-state index contributed by atoms with van der Waals surface area (Å²) < 4.78 is 35.5. The minimum Gasteiger partial charge on any atom is -0.316 e. The first-order chi connectivity index (χ1) is 7.24. The second-order valence-corrected chi connectivity index (χ2v) is 5.81. The van der Waals surface area contributed by atoms with E-state index in [9.17, 15) is 13.2 Å². The molecule has 0 unspecified atom stereocenters. The summed E-state index contributed by atoms with van der Waals surface area (Å²) in [5.74, 6) is 1.73. The van der Waals surface area contributed by atoms with Crippen molar-refractivity contribution in [2.24, 2.45) is 17.8 Å². The van der Waals surface area contributed by atoms with Gasteiger partial charge in [0.25, 0.3) is 0 Å². The maximum absolute atomic E-state index is 11.8. The molecule has 0 aromatic rings. The molecule has 0 fully saturated rings. The first-order valence-electron chi connectivity index (χ1n) is 5.65. The Kier molecular flexibility index (Phi) is 7.48. The van der Waals surface area contributed by atoms with Crippen molar-refractivity contribution in [2.45, 2.75) is 33.2 Å². The summed E-state index contributed by atoms with van der Waals surface area (Å²) in [5, 5.41) is 3.10. The van der Waals surface area contributed by atoms with Crippen LogP contribution in [-0.2, 0) is 0 Å². The fourth-order valence-corrected chi connectivity index (χ4v) is 2.23. The van der Waals surface area contributed by atoms with E-state index < -0.39 is 5.51 Å². The summed E-state index contributed by atoms with van der Waals surface area (Å²) in [4.78, 5) is 0. The molecule has 0 spiro atoms. The van der Waals surface area contributed by atoms with Gasteiger partial charge in [-0.05, 0) is 36.1 Å². The van der Waals surface area contributed by atoms with Crippen molar-refractivity contribution in [3.8, 4) is 0 Å². The van der Waals surface area contributed by atoms with E-state index in [-0.39, 0.29) is 17.5 Å². The van der Waals surface area contributed by atoms with E-state index in [2.05, 4.69) is 33.0 Å². The predicted octanol–water partition coefficient (Wildman–Crippen LogP) is 3.76. The number of alkyl halides is 3. The number of thioether (sulfide) groups is 1. The van der Waals surface area contributed by atoms with Gasteiger partial charge in [0, 0.05) is 12.3 Å². The smallest absolute Gasteiger partial charge is 0.316 e. The number of hydrogen-bond donors (Lipinski definition) is 1. The Bertz CT molecular complexity index is 173. The van der Waals surface area contributed by atoms with Crippen LogP contribution in [0, 0.1) is 17.8 Å². The number of rotatable bonds is 7. The van der Waals surface area contributed by atoms with Gasteiger partial charge in [-0.15, -0.1) is 0 Å². The zero-order chi connectivity index (χ0) is 12.8. The van der Waals surface area contributed by atoms with E-state index in [0.717, 1.165) is 6.54 Å². The monoisotopic (exact) mass is 257 g/mol. The molecule has 0 rings (SSSR count). The average molecular weight is 257 g/mol. The standard InChI is InChI=1S/C11H22F3NS/c1-8(2)10(9(3)4)7-15-5-6-16-11(12,13)14/h8-10,15H,5-7H2,1-4H3. The molecule has 0 radical (unpaired) electrons. The van der Waals surface area contributed by atoms with Gasteiger partial charge in [0.05, 0.1) is 0 Å². The largest absolute Gasteiger partial charge is 0.441 e. The Balaban J connectivity index is 3.64. The molecule has 0 aliphatic carbocycles. The highest BCUT2D eigenvalue weighted by Gasteiger charge is 2.27. The van der Waals surface area contributed by atoms with Gasteiger partial charge in [0.2, 0.25) is 0 Å². The summed E-state index contributed by atoms with van der Waals surface area (Å²) in [6.07, 6.45) is 0. The zero-order valence-corrected chi connectivity index (χ0v) is 11.2. The fraction of sp³-hybridized carbons (Fsp3) is 1.00. The zero-order valence-electron chi connectivity index (χ0n) is 10.4. The van der Waals surface area contributed by atoms with Crippen LogP contribution in [0.3, 0.4) is 0 Å². The highest BCUT2D eigenvalue weighted by Crippen LogP contribution is 2.29. The third kappa shape index (κ3) is 8.28. The number of halogens is 3. The molecule has 98 valence electrons. The molecule has 0 amide bonds. The Hall–Kier alpha value is 0.100. The average Bonchev–Trinajstić information content (AvgIpc) is 2.07. The normalized spacial score (nSPS) is 13.1. The molecule has 0 aromatic heterocycles. The minimum atomic E-state index is -4.10. The lowest BCUT2D eigenvalue weighted by atomic mass is 9.85. The molecule has 1 N–H and O–H groups in total. The third-order valence-corrected chi connectivity index (χ3v) is 3.37. The van der Waals surface area contributed by atoms with Crippen LogP contribution in [0.15, 0.2) is 0 Å². The molecule has 5 heteroatoms. The van der Waals surface area contributed by atoms with Crippen LogP contribution in [0.5, 0.6) is 0 Å². The molecule has 0 heterocycles. The molecule has 1 nitrogen and oxygen atoms in total. The molecule has 0 aliphatic heterocycles. The molecular weight excluding hydrogens is 235 g/mol. The summed E-state index contributed by atoms with van der Waals surface area (Å²) in [5.41, 5.74) is -4.10. The van der Waals surface area contributed by atoms with E-state index in [4.69, 9.17) is 0 Å². The van der Waals surface area contributed by atoms with Gasteiger partial charge in [-0.3, -0.25) is 0 Å². The molecule has 0 saturated heterocycles. The Labute approximate surface area is 101 Å². The third-order valence-electron chi connectivity index (χ3n) is 2.64. The number of nitrogens with one attached hydrogen (secondary N) is 1. The Morgan fingerprint density at radius 2 is 1.56 bits per heavy atom. The molecule has 0 atom stereocenters. The fourth-order valence-electron chi connectivity index (χ4n) is 1.75. The molecular formula is C11H22F3NS. The molecule has 16 heavy (non-hydrogen) atoms. The van der Waals surface area contributed by atoms with Crippen molar-refractivity contribution in [1.29, 1.82) is 0 Å². The maximum atomic E-state index is 11.8. The van der Waals surface area contributed by atoms with Gasteiger partial charge in [0.1, 0.15) is 0 Å². The van der Waals surface area contributed by atoms with Gasteiger partial charge in [-0.2, -0.15) is 13.2 Å². The van der Waals surface area contributed by atoms with E-state index in [1.54, 1.807) is 0 Å². The topological polar surface area (TPSA) is 12.0 Å². The van der Waals surface area contributed by atoms with Crippen molar-refractivity contribution in [1.82, 2.24) is 5.32 Å². The van der Waals surface area contributed by atoms with E-state index in [0.29, 0.717) is 24.3 Å².